The van der Waals surface area contributed by atoms with Crippen molar-refractivity contribution in [2.45, 2.75) is 11.8 Å². The minimum atomic E-state index is -0.406. The zero-order valence-electron chi connectivity index (χ0n) is 9.92. The Labute approximate surface area is 124 Å². The fourth-order valence-corrected chi connectivity index (χ4v) is 2.34. The van der Waals surface area contributed by atoms with Gasteiger partial charge in [-0.25, -0.2) is 0 Å². The summed E-state index contributed by atoms with van der Waals surface area (Å²) < 4.78 is 1.01. The number of alkyl halides is 1. The van der Waals surface area contributed by atoms with Crippen molar-refractivity contribution < 1.29 is 4.92 Å². The summed E-state index contributed by atoms with van der Waals surface area (Å²) in [6.07, 6.45) is 0.640. The summed E-state index contributed by atoms with van der Waals surface area (Å²) in [5, 5.41) is 10.4. The molecule has 0 bridgehead atoms. The quantitative estimate of drug-likeness (QED) is 0.452. The highest BCUT2D eigenvalue weighted by atomic mass is 79.9. The SMILES string of the molecule is O=[N+]([O-])c1ccc(CC(Cl)c2ccc(Br)cc2)cc1. The van der Waals surface area contributed by atoms with Gasteiger partial charge in [0.2, 0.25) is 0 Å². The first-order chi connectivity index (χ1) is 9.06. The Hall–Kier alpha value is -1.39. The molecule has 0 N–H and O–H groups in total. The lowest BCUT2D eigenvalue weighted by Gasteiger charge is -2.10. The molecule has 98 valence electrons. The molecule has 2 aromatic rings. The van der Waals surface area contributed by atoms with E-state index in [1.54, 1.807) is 12.1 Å². The minimum Gasteiger partial charge on any atom is -0.258 e. The van der Waals surface area contributed by atoms with Gasteiger partial charge in [-0.1, -0.05) is 40.2 Å². The average molecular weight is 341 g/mol. The van der Waals surface area contributed by atoms with E-state index < -0.39 is 4.92 Å². The molecule has 0 radical (unpaired) electrons. The summed E-state index contributed by atoms with van der Waals surface area (Å²) in [6, 6.07) is 14.3. The van der Waals surface area contributed by atoms with Crippen LogP contribution in [0.15, 0.2) is 53.0 Å². The van der Waals surface area contributed by atoms with E-state index in [2.05, 4.69) is 15.9 Å². The summed E-state index contributed by atoms with van der Waals surface area (Å²) in [7, 11) is 0. The zero-order chi connectivity index (χ0) is 13.8. The smallest absolute Gasteiger partial charge is 0.258 e. The largest absolute Gasteiger partial charge is 0.269 e. The maximum atomic E-state index is 10.6. The third-order valence-corrected chi connectivity index (χ3v) is 3.73. The molecule has 0 spiro atoms. The summed E-state index contributed by atoms with van der Waals surface area (Å²) in [4.78, 5) is 10.2. The molecular weight excluding hydrogens is 330 g/mol. The Bertz CT molecular complexity index is 569. The highest BCUT2D eigenvalue weighted by molar-refractivity contribution is 9.10. The standard InChI is InChI=1S/C14H11BrClNO2/c15-12-5-3-11(4-6-12)14(16)9-10-1-7-13(8-2-10)17(18)19/h1-8,14H,9H2. The number of benzene rings is 2. The molecule has 0 aromatic heterocycles. The van der Waals surface area contributed by atoms with Crippen LogP contribution in [0.2, 0.25) is 0 Å². The van der Waals surface area contributed by atoms with Crippen LogP contribution in [0.1, 0.15) is 16.5 Å². The van der Waals surface area contributed by atoms with Crippen LogP contribution in [0.4, 0.5) is 5.69 Å². The van der Waals surface area contributed by atoms with E-state index in [1.165, 1.54) is 12.1 Å². The molecular formula is C14H11BrClNO2. The first kappa shape index (κ1) is 14.0. The van der Waals surface area contributed by atoms with Gasteiger partial charge in [-0.15, -0.1) is 11.6 Å². The fourth-order valence-electron chi connectivity index (χ4n) is 1.75. The average Bonchev–Trinajstić information content (AvgIpc) is 2.40. The second-order valence-electron chi connectivity index (χ2n) is 4.15. The molecule has 0 amide bonds. The number of nitro benzene ring substituents is 1. The van der Waals surface area contributed by atoms with Gasteiger partial charge in [-0.3, -0.25) is 10.1 Å². The van der Waals surface area contributed by atoms with Gasteiger partial charge in [-0.05, 0) is 29.7 Å². The molecule has 0 aliphatic rings. The van der Waals surface area contributed by atoms with E-state index in [0.29, 0.717) is 6.42 Å². The highest BCUT2D eigenvalue weighted by Gasteiger charge is 2.10. The Morgan fingerprint density at radius 2 is 1.68 bits per heavy atom. The molecule has 0 saturated carbocycles. The van der Waals surface area contributed by atoms with Crippen molar-refractivity contribution in [3.05, 3.63) is 74.2 Å². The lowest BCUT2D eigenvalue weighted by Crippen LogP contribution is -1.96. The number of non-ortho nitro benzene ring substituents is 1. The summed E-state index contributed by atoms with van der Waals surface area (Å²) in [6.45, 7) is 0. The number of nitrogens with zero attached hydrogens (tertiary/aromatic N) is 1. The highest BCUT2D eigenvalue weighted by Crippen LogP contribution is 2.26. The molecule has 0 heterocycles. The molecule has 0 aliphatic heterocycles. The number of rotatable bonds is 4. The van der Waals surface area contributed by atoms with Crippen molar-refractivity contribution >= 4 is 33.2 Å². The van der Waals surface area contributed by atoms with Gasteiger partial charge in [0.05, 0.1) is 10.3 Å². The third-order valence-electron chi connectivity index (χ3n) is 2.79. The maximum absolute atomic E-state index is 10.6. The Kier molecular flexibility index (Phi) is 4.56. The van der Waals surface area contributed by atoms with E-state index in [0.717, 1.165) is 15.6 Å². The van der Waals surface area contributed by atoms with E-state index in [1.807, 2.05) is 24.3 Å². The normalized spacial score (nSPS) is 12.1. The molecule has 0 saturated heterocycles. The number of halogens is 2. The van der Waals surface area contributed by atoms with Crippen molar-refractivity contribution in [1.29, 1.82) is 0 Å². The summed E-state index contributed by atoms with van der Waals surface area (Å²) >= 11 is 9.72. The fraction of sp³-hybridized carbons (Fsp3) is 0.143. The zero-order valence-corrected chi connectivity index (χ0v) is 12.3. The van der Waals surface area contributed by atoms with Crippen LogP contribution in [0.3, 0.4) is 0 Å². The number of hydrogen-bond donors (Lipinski definition) is 0. The number of nitro groups is 1. The monoisotopic (exact) mass is 339 g/mol. The van der Waals surface area contributed by atoms with Crippen LogP contribution in [0, 0.1) is 10.1 Å². The Morgan fingerprint density at radius 1 is 1.11 bits per heavy atom. The second kappa shape index (κ2) is 6.17. The lowest BCUT2D eigenvalue weighted by atomic mass is 10.0. The number of hydrogen-bond acceptors (Lipinski definition) is 2. The van der Waals surface area contributed by atoms with Crippen molar-refractivity contribution in [2.75, 3.05) is 0 Å². The second-order valence-corrected chi connectivity index (χ2v) is 5.59. The molecule has 1 unspecified atom stereocenters. The molecule has 0 fully saturated rings. The van der Waals surface area contributed by atoms with Gasteiger partial charge in [0, 0.05) is 16.6 Å². The molecule has 5 heteroatoms. The summed E-state index contributed by atoms with van der Waals surface area (Å²) in [5.41, 5.74) is 2.11. The Balaban J connectivity index is 2.08. The molecule has 3 nitrogen and oxygen atoms in total. The minimum absolute atomic E-state index is 0.0958. The molecule has 0 aliphatic carbocycles. The topological polar surface area (TPSA) is 43.1 Å². The van der Waals surface area contributed by atoms with Crippen molar-refractivity contribution in [2.24, 2.45) is 0 Å². The van der Waals surface area contributed by atoms with Crippen LogP contribution in [0.5, 0.6) is 0 Å². The van der Waals surface area contributed by atoms with Gasteiger partial charge >= 0.3 is 0 Å². The van der Waals surface area contributed by atoms with E-state index in [9.17, 15) is 10.1 Å². The lowest BCUT2D eigenvalue weighted by molar-refractivity contribution is -0.384. The third kappa shape index (κ3) is 3.78. The molecule has 1 atom stereocenters. The van der Waals surface area contributed by atoms with E-state index in [-0.39, 0.29) is 11.1 Å². The predicted molar refractivity (Wildman–Crippen MR) is 79.5 cm³/mol. The first-order valence-electron chi connectivity index (χ1n) is 5.69. The first-order valence-corrected chi connectivity index (χ1v) is 6.92. The summed E-state index contributed by atoms with van der Waals surface area (Å²) in [5.74, 6) is 0. The van der Waals surface area contributed by atoms with E-state index in [4.69, 9.17) is 11.6 Å². The van der Waals surface area contributed by atoms with Crippen LogP contribution in [-0.4, -0.2) is 4.92 Å². The van der Waals surface area contributed by atoms with Gasteiger partial charge < -0.3 is 0 Å². The van der Waals surface area contributed by atoms with Gasteiger partial charge in [0.15, 0.2) is 0 Å². The molecule has 2 aromatic carbocycles. The van der Waals surface area contributed by atoms with Crippen LogP contribution in [0.25, 0.3) is 0 Å². The van der Waals surface area contributed by atoms with Crippen molar-refractivity contribution in [1.82, 2.24) is 0 Å². The van der Waals surface area contributed by atoms with Crippen LogP contribution < -0.4 is 0 Å². The van der Waals surface area contributed by atoms with E-state index >= 15 is 0 Å². The van der Waals surface area contributed by atoms with Crippen molar-refractivity contribution in [3.8, 4) is 0 Å². The Morgan fingerprint density at radius 3 is 2.21 bits per heavy atom. The van der Waals surface area contributed by atoms with Crippen molar-refractivity contribution in [3.63, 3.8) is 0 Å². The molecule has 19 heavy (non-hydrogen) atoms. The maximum Gasteiger partial charge on any atom is 0.269 e. The van der Waals surface area contributed by atoms with Gasteiger partial charge in [0.1, 0.15) is 0 Å². The van der Waals surface area contributed by atoms with Gasteiger partial charge in [0.25, 0.3) is 5.69 Å². The molecule has 2 rings (SSSR count). The van der Waals surface area contributed by atoms with Gasteiger partial charge in [-0.2, -0.15) is 0 Å². The predicted octanol–water partition coefficient (Wildman–Crippen LogP) is 4.88. The van der Waals surface area contributed by atoms with Crippen LogP contribution in [-0.2, 0) is 6.42 Å². The van der Waals surface area contributed by atoms with Crippen LogP contribution >= 0.6 is 27.5 Å².